The van der Waals surface area contributed by atoms with Crippen LogP contribution >= 0.6 is 0 Å². The number of nitrogens with one attached hydrogen (secondary N) is 1. The fraction of sp³-hybridized carbons (Fsp3) is 1.00. The Morgan fingerprint density at radius 3 is 2.53 bits per heavy atom. The van der Waals surface area contributed by atoms with Crippen LogP contribution in [-0.4, -0.2) is 24.8 Å². The van der Waals surface area contributed by atoms with Gasteiger partial charge in [0.15, 0.2) is 0 Å². The Morgan fingerprint density at radius 1 is 0.941 bits per heavy atom. The van der Waals surface area contributed by atoms with Crippen molar-refractivity contribution >= 4 is 0 Å². The molecule has 3 aliphatic rings. The predicted molar refractivity (Wildman–Crippen MR) is 70.0 cm³/mol. The molecule has 0 amide bonds. The zero-order chi connectivity index (χ0) is 11.8. The van der Waals surface area contributed by atoms with Gasteiger partial charge in [0.25, 0.3) is 0 Å². The third kappa shape index (κ3) is 2.53. The summed E-state index contributed by atoms with van der Waals surface area (Å²) in [6, 6.07) is 1.40. The fourth-order valence-electron chi connectivity index (χ4n) is 3.77. The number of hydrogen-bond donors (Lipinski definition) is 1. The number of rotatable bonds is 3. The van der Waals surface area contributed by atoms with Crippen molar-refractivity contribution in [3.8, 4) is 0 Å². The van der Waals surface area contributed by atoms with Gasteiger partial charge in [-0.2, -0.15) is 0 Å². The highest BCUT2D eigenvalue weighted by Crippen LogP contribution is 2.39. The molecule has 5 atom stereocenters. The molecule has 3 fully saturated rings. The summed E-state index contributed by atoms with van der Waals surface area (Å²) >= 11 is 0. The lowest BCUT2D eigenvalue weighted by molar-refractivity contribution is 0.0727. The summed E-state index contributed by atoms with van der Waals surface area (Å²) in [5, 5.41) is 3.94. The van der Waals surface area contributed by atoms with Gasteiger partial charge in [0.1, 0.15) is 0 Å². The highest BCUT2D eigenvalue weighted by atomic mass is 16.5. The van der Waals surface area contributed by atoms with E-state index >= 15 is 0 Å². The minimum atomic E-state index is 0.541. The quantitative estimate of drug-likeness (QED) is 0.815. The van der Waals surface area contributed by atoms with Crippen molar-refractivity contribution < 1.29 is 4.74 Å². The summed E-state index contributed by atoms with van der Waals surface area (Å²) in [4.78, 5) is 0. The molecule has 0 spiro atoms. The molecule has 1 saturated heterocycles. The molecule has 0 bridgehead atoms. The summed E-state index contributed by atoms with van der Waals surface area (Å²) in [6.07, 6.45) is 8.79. The van der Waals surface area contributed by atoms with E-state index in [0.29, 0.717) is 12.1 Å². The Morgan fingerprint density at radius 2 is 1.76 bits per heavy atom. The first-order chi connectivity index (χ1) is 8.25. The molecule has 0 aromatic rings. The van der Waals surface area contributed by atoms with E-state index in [1.165, 1.54) is 38.5 Å². The van der Waals surface area contributed by atoms with E-state index in [4.69, 9.17) is 4.74 Å². The molecule has 1 aliphatic heterocycles. The van der Waals surface area contributed by atoms with Gasteiger partial charge in [0.05, 0.1) is 6.10 Å². The van der Waals surface area contributed by atoms with E-state index in [1.54, 1.807) is 0 Å². The number of hydrogen-bond acceptors (Lipinski definition) is 2. The highest BCUT2D eigenvalue weighted by Gasteiger charge is 2.42. The van der Waals surface area contributed by atoms with E-state index < -0.39 is 0 Å². The average molecular weight is 237 g/mol. The first-order valence-electron chi connectivity index (χ1n) is 7.63. The van der Waals surface area contributed by atoms with Gasteiger partial charge in [-0.3, -0.25) is 0 Å². The van der Waals surface area contributed by atoms with Crippen molar-refractivity contribution in [2.24, 2.45) is 17.8 Å². The molecule has 0 radical (unpaired) electrons. The summed E-state index contributed by atoms with van der Waals surface area (Å²) in [5.74, 6) is 2.61. The molecule has 0 aromatic heterocycles. The van der Waals surface area contributed by atoms with Crippen molar-refractivity contribution in [3.05, 3.63) is 0 Å². The molecule has 2 heteroatoms. The molecule has 1 heterocycles. The first kappa shape index (κ1) is 12.0. The monoisotopic (exact) mass is 237 g/mol. The van der Waals surface area contributed by atoms with Gasteiger partial charge in [0.2, 0.25) is 0 Å². The Labute approximate surface area is 105 Å². The van der Waals surface area contributed by atoms with Crippen LogP contribution in [0.1, 0.15) is 52.4 Å². The van der Waals surface area contributed by atoms with Crippen LogP contribution in [0.25, 0.3) is 0 Å². The molecule has 2 saturated carbocycles. The van der Waals surface area contributed by atoms with Crippen LogP contribution in [0.3, 0.4) is 0 Å². The molecular weight excluding hydrogens is 210 g/mol. The lowest BCUT2D eigenvalue weighted by Gasteiger charge is -2.37. The fourth-order valence-corrected chi connectivity index (χ4v) is 3.77. The Balaban J connectivity index is 1.57. The smallest absolute Gasteiger partial charge is 0.0757 e. The predicted octanol–water partition coefficient (Wildman–Crippen LogP) is 2.97. The van der Waals surface area contributed by atoms with E-state index in [9.17, 15) is 0 Å². The minimum Gasteiger partial charge on any atom is -0.376 e. The maximum atomic E-state index is 5.93. The lowest BCUT2D eigenvalue weighted by Crippen LogP contribution is -2.49. The average Bonchev–Trinajstić information content (AvgIpc) is 3.06. The van der Waals surface area contributed by atoms with Crippen LogP contribution in [0.2, 0.25) is 0 Å². The van der Waals surface area contributed by atoms with Gasteiger partial charge >= 0.3 is 0 Å². The second-order valence-electron chi connectivity index (χ2n) is 6.61. The second-order valence-corrected chi connectivity index (χ2v) is 6.61. The normalized spacial score (nSPS) is 47.3. The van der Waals surface area contributed by atoms with Crippen molar-refractivity contribution in [1.29, 1.82) is 0 Å². The maximum Gasteiger partial charge on any atom is 0.0757 e. The van der Waals surface area contributed by atoms with Crippen LogP contribution in [0.5, 0.6) is 0 Å². The van der Waals surface area contributed by atoms with Crippen LogP contribution in [-0.2, 0) is 4.74 Å². The Hall–Kier alpha value is -0.0800. The van der Waals surface area contributed by atoms with Gasteiger partial charge in [0, 0.05) is 18.7 Å². The highest BCUT2D eigenvalue weighted by molar-refractivity contribution is 4.96. The summed E-state index contributed by atoms with van der Waals surface area (Å²) < 4.78 is 5.93. The number of ether oxygens (including phenoxy) is 1. The molecular formula is C15H27NO. The van der Waals surface area contributed by atoms with Crippen LogP contribution in [0.15, 0.2) is 0 Å². The lowest BCUT2D eigenvalue weighted by atomic mass is 9.77. The summed E-state index contributed by atoms with van der Waals surface area (Å²) in [5.41, 5.74) is 0. The van der Waals surface area contributed by atoms with Gasteiger partial charge in [-0.05, 0) is 43.4 Å². The topological polar surface area (TPSA) is 21.3 Å². The summed E-state index contributed by atoms with van der Waals surface area (Å²) in [7, 11) is 0. The van der Waals surface area contributed by atoms with E-state index in [-0.39, 0.29) is 0 Å². The Bertz CT molecular complexity index is 264. The zero-order valence-electron chi connectivity index (χ0n) is 11.3. The van der Waals surface area contributed by atoms with Crippen molar-refractivity contribution in [3.63, 3.8) is 0 Å². The van der Waals surface area contributed by atoms with E-state index in [1.807, 2.05) is 0 Å². The van der Waals surface area contributed by atoms with Gasteiger partial charge in [-0.15, -0.1) is 0 Å². The second kappa shape index (κ2) is 4.89. The molecule has 3 rings (SSSR count). The van der Waals surface area contributed by atoms with Gasteiger partial charge < -0.3 is 10.1 Å². The molecule has 2 aliphatic carbocycles. The molecule has 0 aromatic carbocycles. The van der Waals surface area contributed by atoms with Crippen molar-refractivity contribution in [1.82, 2.24) is 5.32 Å². The van der Waals surface area contributed by atoms with Gasteiger partial charge in [-0.25, -0.2) is 0 Å². The van der Waals surface area contributed by atoms with E-state index in [0.717, 1.165) is 30.4 Å². The van der Waals surface area contributed by atoms with E-state index in [2.05, 4.69) is 19.2 Å². The standard InChI is InChI=1S/C15H27NO/c1-10-4-3-5-13(11(10)2)16-14-8-9-17-15(14)12-6-7-12/h10-16H,3-9H2,1-2H3. The van der Waals surface area contributed by atoms with Crippen molar-refractivity contribution in [2.75, 3.05) is 6.61 Å². The maximum absolute atomic E-state index is 5.93. The SMILES string of the molecule is CC1CCCC(NC2CCOC2C2CC2)C1C. The molecule has 1 N–H and O–H groups in total. The largest absolute Gasteiger partial charge is 0.376 e. The molecule has 2 nitrogen and oxygen atoms in total. The van der Waals surface area contributed by atoms with Crippen LogP contribution < -0.4 is 5.32 Å². The summed E-state index contributed by atoms with van der Waals surface area (Å²) in [6.45, 7) is 5.83. The third-order valence-electron chi connectivity index (χ3n) is 5.36. The molecule has 98 valence electrons. The van der Waals surface area contributed by atoms with Crippen LogP contribution in [0, 0.1) is 17.8 Å². The Kier molecular flexibility index (Phi) is 3.45. The minimum absolute atomic E-state index is 0.541. The molecule has 5 unspecified atom stereocenters. The van der Waals surface area contributed by atoms with Crippen LogP contribution in [0.4, 0.5) is 0 Å². The zero-order valence-corrected chi connectivity index (χ0v) is 11.3. The van der Waals surface area contributed by atoms with Crippen molar-refractivity contribution in [2.45, 2.75) is 70.6 Å². The molecule has 17 heavy (non-hydrogen) atoms. The third-order valence-corrected chi connectivity index (χ3v) is 5.36. The first-order valence-corrected chi connectivity index (χ1v) is 7.63. The van der Waals surface area contributed by atoms with Gasteiger partial charge in [-0.1, -0.05) is 26.7 Å².